The molecule has 1 heterocycles. The highest BCUT2D eigenvalue weighted by Crippen LogP contribution is 2.35. The predicted octanol–water partition coefficient (Wildman–Crippen LogP) is 2.43. The maximum atomic E-state index is 13.9. The fourth-order valence-corrected chi connectivity index (χ4v) is 3.91. The molecule has 0 radical (unpaired) electrons. The summed E-state index contributed by atoms with van der Waals surface area (Å²) in [4.78, 5) is 8.94. The van der Waals surface area contributed by atoms with Gasteiger partial charge in [-0.05, 0) is 30.9 Å². The molecule has 0 unspecified atom stereocenters. The van der Waals surface area contributed by atoms with E-state index in [9.17, 15) is 14.6 Å². The van der Waals surface area contributed by atoms with Crippen LogP contribution in [0, 0.1) is 17.7 Å². The Labute approximate surface area is 159 Å². The number of rotatable bonds is 7. The van der Waals surface area contributed by atoms with Crippen molar-refractivity contribution in [3.8, 4) is 0 Å². The van der Waals surface area contributed by atoms with Crippen LogP contribution < -0.4 is 5.32 Å². The molecular formula is C21H28FN3O2. The molecule has 4 atom stereocenters. The second-order valence-corrected chi connectivity index (χ2v) is 7.66. The summed E-state index contributed by atoms with van der Waals surface area (Å²) < 4.78 is 13.9. The van der Waals surface area contributed by atoms with Crippen LogP contribution in [0.3, 0.4) is 0 Å². The molecular weight excluding hydrogens is 345 g/mol. The van der Waals surface area contributed by atoms with Gasteiger partial charge in [-0.2, -0.15) is 0 Å². The molecule has 3 N–H and O–H groups in total. The molecule has 0 amide bonds. The number of aliphatic hydroxyl groups excluding tert-OH is 2. The number of nitrogens with zero attached hydrogens (tertiary/aromatic N) is 2. The summed E-state index contributed by atoms with van der Waals surface area (Å²) in [5.74, 6) is 0.591. The van der Waals surface area contributed by atoms with Crippen molar-refractivity contribution in [3.05, 3.63) is 59.4 Å². The minimum absolute atomic E-state index is 0.0192. The number of hydrogen-bond acceptors (Lipinski definition) is 5. The molecule has 2 aromatic rings. The van der Waals surface area contributed by atoms with Gasteiger partial charge in [-0.3, -0.25) is 0 Å². The van der Waals surface area contributed by atoms with Gasteiger partial charge in [-0.25, -0.2) is 14.4 Å². The molecule has 1 aromatic carbocycles. The summed E-state index contributed by atoms with van der Waals surface area (Å²) in [5, 5.41) is 23.6. The lowest BCUT2D eigenvalue weighted by molar-refractivity contribution is 0.0716. The zero-order chi connectivity index (χ0) is 19.4. The van der Waals surface area contributed by atoms with Crippen molar-refractivity contribution >= 4 is 0 Å². The van der Waals surface area contributed by atoms with Crippen LogP contribution in [0.1, 0.15) is 43.3 Å². The Morgan fingerprint density at radius 2 is 2.00 bits per heavy atom. The summed E-state index contributed by atoms with van der Waals surface area (Å²) in [7, 11) is 0. The van der Waals surface area contributed by atoms with Crippen molar-refractivity contribution in [2.75, 3.05) is 6.61 Å². The van der Waals surface area contributed by atoms with Crippen molar-refractivity contribution < 1.29 is 14.6 Å². The first-order valence-electron chi connectivity index (χ1n) is 9.57. The van der Waals surface area contributed by atoms with E-state index in [0.29, 0.717) is 24.9 Å². The van der Waals surface area contributed by atoms with E-state index in [1.165, 1.54) is 6.07 Å². The summed E-state index contributed by atoms with van der Waals surface area (Å²) in [6.07, 6.45) is 2.36. The van der Waals surface area contributed by atoms with Crippen LogP contribution in [0.5, 0.6) is 0 Å². The molecule has 1 aliphatic carbocycles. The molecule has 1 aromatic heterocycles. The van der Waals surface area contributed by atoms with E-state index in [4.69, 9.17) is 0 Å². The third kappa shape index (κ3) is 4.69. The van der Waals surface area contributed by atoms with Crippen LogP contribution in [0.2, 0.25) is 0 Å². The molecule has 1 aliphatic rings. The second-order valence-electron chi connectivity index (χ2n) is 7.66. The smallest absolute Gasteiger partial charge is 0.131 e. The lowest BCUT2D eigenvalue weighted by Gasteiger charge is -2.25. The van der Waals surface area contributed by atoms with Crippen LogP contribution in [-0.2, 0) is 13.0 Å². The lowest BCUT2D eigenvalue weighted by atomic mass is 9.88. The van der Waals surface area contributed by atoms with Gasteiger partial charge in [0.1, 0.15) is 11.6 Å². The molecule has 5 nitrogen and oxygen atoms in total. The Morgan fingerprint density at radius 1 is 1.22 bits per heavy atom. The van der Waals surface area contributed by atoms with E-state index in [1.807, 2.05) is 26.0 Å². The zero-order valence-corrected chi connectivity index (χ0v) is 15.8. The number of hydrogen-bond donors (Lipinski definition) is 3. The largest absolute Gasteiger partial charge is 0.396 e. The minimum Gasteiger partial charge on any atom is -0.396 e. The molecule has 0 saturated heterocycles. The van der Waals surface area contributed by atoms with E-state index >= 15 is 0 Å². The van der Waals surface area contributed by atoms with Crippen molar-refractivity contribution in [2.45, 2.75) is 51.3 Å². The minimum atomic E-state index is -0.579. The van der Waals surface area contributed by atoms with Crippen LogP contribution in [0.15, 0.2) is 36.5 Å². The molecule has 146 valence electrons. The van der Waals surface area contributed by atoms with Crippen LogP contribution in [-0.4, -0.2) is 38.9 Å². The van der Waals surface area contributed by atoms with Crippen molar-refractivity contribution in [3.63, 3.8) is 0 Å². The first-order chi connectivity index (χ1) is 13.0. The Bertz CT molecular complexity index is 756. The third-order valence-electron chi connectivity index (χ3n) is 5.47. The normalized spacial score (nSPS) is 25.3. The van der Waals surface area contributed by atoms with E-state index in [0.717, 1.165) is 11.5 Å². The van der Waals surface area contributed by atoms with E-state index in [1.54, 1.807) is 18.3 Å². The SMILES string of the molecule is CC(C)c1nccc(C[C@@H]2[C@@H](CO)[C@H](O)C[C@H]2NCc2ccccc2F)n1. The highest BCUT2D eigenvalue weighted by molar-refractivity contribution is 5.17. The van der Waals surface area contributed by atoms with Gasteiger partial charge in [0.25, 0.3) is 0 Å². The Morgan fingerprint density at radius 3 is 2.70 bits per heavy atom. The lowest BCUT2D eigenvalue weighted by Crippen LogP contribution is -2.36. The summed E-state index contributed by atoms with van der Waals surface area (Å²) >= 11 is 0. The maximum absolute atomic E-state index is 13.9. The highest BCUT2D eigenvalue weighted by atomic mass is 19.1. The first kappa shape index (κ1) is 19.9. The Balaban J connectivity index is 1.74. The van der Waals surface area contributed by atoms with Gasteiger partial charge >= 0.3 is 0 Å². The fraction of sp³-hybridized carbons (Fsp3) is 0.524. The van der Waals surface area contributed by atoms with Gasteiger partial charge in [0.15, 0.2) is 0 Å². The number of aliphatic hydroxyl groups is 2. The van der Waals surface area contributed by atoms with E-state index in [-0.39, 0.29) is 36.2 Å². The van der Waals surface area contributed by atoms with Gasteiger partial charge in [0.05, 0.1) is 6.10 Å². The fourth-order valence-electron chi connectivity index (χ4n) is 3.91. The zero-order valence-electron chi connectivity index (χ0n) is 15.8. The Hall–Kier alpha value is -1.89. The van der Waals surface area contributed by atoms with Gasteiger partial charge in [-0.1, -0.05) is 32.0 Å². The van der Waals surface area contributed by atoms with Gasteiger partial charge < -0.3 is 15.5 Å². The monoisotopic (exact) mass is 373 g/mol. The van der Waals surface area contributed by atoms with Crippen molar-refractivity contribution in [1.29, 1.82) is 0 Å². The van der Waals surface area contributed by atoms with Crippen molar-refractivity contribution in [1.82, 2.24) is 15.3 Å². The molecule has 0 spiro atoms. The topological polar surface area (TPSA) is 78.3 Å². The van der Waals surface area contributed by atoms with Crippen LogP contribution in [0.4, 0.5) is 4.39 Å². The van der Waals surface area contributed by atoms with Crippen molar-refractivity contribution in [2.24, 2.45) is 11.8 Å². The maximum Gasteiger partial charge on any atom is 0.131 e. The first-order valence-corrected chi connectivity index (χ1v) is 9.57. The molecule has 0 aliphatic heterocycles. The standard InChI is InChI=1S/C21H28FN3O2/c1-13(2)21-23-8-7-15(25-21)9-16-17(12-26)20(27)10-19(16)24-11-14-5-3-4-6-18(14)22/h3-8,13,16-17,19-20,24,26-27H,9-12H2,1-2H3/t16-,17-,19-,20-/m1/s1. The summed E-state index contributed by atoms with van der Waals surface area (Å²) in [6, 6.07) is 8.55. The second kappa shape index (κ2) is 8.87. The summed E-state index contributed by atoms with van der Waals surface area (Å²) in [5.41, 5.74) is 1.51. The van der Waals surface area contributed by atoms with Gasteiger partial charge in [-0.15, -0.1) is 0 Å². The van der Waals surface area contributed by atoms with Crippen LogP contribution >= 0.6 is 0 Å². The molecule has 1 fully saturated rings. The van der Waals surface area contributed by atoms with Crippen LogP contribution in [0.25, 0.3) is 0 Å². The average molecular weight is 373 g/mol. The van der Waals surface area contributed by atoms with E-state index < -0.39 is 6.10 Å². The number of aromatic nitrogens is 2. The summed E-state index contributed by atoms with van der Waals surface area (Å²) in [6.45, 7) is 4.41. The number of nitrogens with one attached hydrogen (secondary N) is 1. The highest BCUT2D eigenvalue weighted by Gasteiger charge is 2.42. The molecule has 6 heteroatoms. The molecule has 0 bridgehead atoms. The number of halogens is 1. The predicted molar refractivity (Wildman–Crippen MR) is 102 cm³/mol. The molecule has 1 saturated carbocycles. The third-order valence-corrected chi connectivity index (χ3v) is 5.47. The number of benzene rings is 1. The molecule has 3 rings (SSSR count). The van der Waals surface area contributed by atoms with Gasteiger partial charge in [0.2, 0.25) is 0 Å². The average Bonchev–Trinajstić information content (AvgIpc) is 2.95. The van der Waals surface area contributed by atoms with E-state index in [2.05, 4.69) is 15.3 Å². The van der Waals surface area contributed by atoms with Gasteiger partial charge in [0, 0.05) is 48.5 Å². The quantitative estimate of drug-likeness (QED) is 0.695. The molecule has 27 heavy (non-hydrogen) atoms. The Kier molecular flexibility index (Phi) is 6.52.